The van der Waals surface area contributed by atoms with Gasteiger partial charge < -0.3 is 19.9 Å². The summed E-state index contributed by atoms with van der Waals surface area (Å²) in [7, 11) is 1.98. The molecule has 8 nitrogen and oxygen atoms in total. The number of nitrogens with zero attached hydrogens (tertiary/aromatic N) is 4. The highest BCUT2D eigenvalue weighted by Gasteiger charge is 2.30. The van der Waals surface area contributed by atoms with E-state index in [4.69, 9.17) is 10.5 Å². The van der Waals surface area contributed by atoms with Crippen LogP contribution in [0.25, 0.3) is 0 Å². The van der Waals surface area contributed by atoms with E-state index in [1.165, 1.54) is 0 Å². The van der Waals surface area contributed by atoms with Gasteiger partial charge in [0, 0.05) is 57.5 Å². The Morgan fingerprint density at radius 3 is 2.72 bits per heavy atom. The molecule has 2 N–H and O–H groups in total. The lowest BCUT2D eigenvalue weighted by Crippen LogP contribution is -2.49. The van der Waals surface area contributed by atoms with Crippen molar-refractivity contribution in [3.05, 3.63) is 18.2 Å². The Morgan fingerprint density at radius 1 is 1.32 bits per heavy atom. The lowest BCUT2D eigenvalue weighted by atomic mass is 9.96. The number of morpholine rings is 1. The average molecular weight is 349 g/mol. The van der Waals surface area contributed by atoms with Crippen LogP contribution in [0.1, 0.15) is 25.1 Å². The predicted octanol–water partition coefficient (Wildman–Crippen LogP) is -0.265. The van der Waals surface area contributed by atoms with Crippen LogP contribution in [0, 0.1) is 5.92 Å². The molecule has 0 unspecified atom stereocenters. The second-order valence-electron chi connectivity index (χ2n) is 6.92. The van der Waals surface area contributed by atoms with Crippen molar-refractivity contribution in [2.75, 3.05) is 32.8 Å². The molecule has 2 amide bonds. The van der Waals surface area contributed by atoms with Gasteiger partial charge in [-0.3, -0.25) is 14.5 Å². The molecule has 0 spiro atoms. The van der Waals surface area contributed by atoms with Crippen molar-refractivity contribution < 1.29 is 14.3 Å². The maximum Gasteiger partial charge on any atom is 0.224 e. The molecule has 2 saturated heterocycles. The summed E-state index contributed by atoms with van der Waals surface area (Å²) in [5, 5.41) is 0. The third-order valence-corrected chi connectivity index (χ3v) is 5.28. The lowest BCUT2D eigenvalue weighted by molar-refractivity contribution is -0.137. The number of carbonyl (C=O) groups excluding carboxylic acids is 2. The number of rotatable bonds is 5. The molecule has 25 heavy (non-hydrogen) atoms. The van der Waals surface area contributed by atoms with E-state index in [-0.39, 0.29) is 23.8 Å². The number of carbonyl (C=O) groups is 2. The maximum absolute atomic E-state index is 12.7. The number of likely N-dealkylation sites (tertiary alicyclic amines) is 1. The van der Waals surface area contributed by atoms with Gasteiger partial charge in [0.25, 0.3) is 0 Å². The van der Waals surface area contributed by atoms with Crippen LogP contribution in [0.5, 0.6) is 0 Å². The largest absolute Gasteiger partial charge is 0.378 e. The third-order valence-electron chi connectivity index (χ3n) is 5.28. The first-order valence-electron chi connectivity index (χ1n) is 8.89. The topological polar surface area (TPSA) is 93.7 Å². The van der Waals surface area contributed by atoms with Crippen LogP contribution in [-0.2, 0) is 27.9 Å². The van der Waals surface area contributed by atoms with Gasteiger partial charge in [0.2, 0.25) is 11.8 Å². The van der Waals surface area contributed by atoms with Crippen molar-refractivity contribution in [2.24, 2.45) is 18.7 Å². The fourth-order valence-corrected chi connectivity index (χ4v) is 3.56. The van der Waals surface area contributed by atoms with Gasteiger partial charge in [-0.1, -0.05) is 0 Å². The number of ether oxygens (including phenoxy) is 1. The number of primary amides is 1. The summed E-state index contributed by atoms with van der Waals surface area (Å²) in [4.78, 5) is 32.4. The zero-order chi connectivity index (χ0) is 17.8. The molecule has 0 aromatic carbocycles. The second-order valence-corrected chi connectivity index (χ2v) is 6.92. The zero-order valence-corrected chi connectivity index (χ0v) is 14.8. The molecule has 1 aromatic heterocycles. The number of aromatic nitrogens is 2. The van der Waals surface area contributed by atoms with Crippen LogP contribution in [0.4, 0.5) is 0 Å². The fraction of sp³-hybridized carbons (Fsp3) is 0.706. The van der Waals surface area contributed by atoms with Crippen LogP contribution in [0.2, 0.25) is 0 Å². The summed E-state index contributed by atoms with van der Waals surface area (Å²) in [6, 6.07) is 0.0619. The zero-order valence-electron chi connectivity index (χ0n) is 14.8. The van der Waals surface area contributed by atoms with Gasteiger partial charge in [-0.25, -0.2) is 4.98 Å². The van der Waals surface area contributed by atoms with Crippen molar-refractivity contribution in [1.82, 2.24) is 19.4 Å². The minimum atomic E-state index is -0.256. The van der Waals surface area contributed by atoms with Crippen molar-refractivity contribution in [3.8, 4) is 0 Å². The van der Waals surface area contributed by atoms with Gasteiger partial charge in [-0.2, -0.15) is 0 Å². The molecular weight excluding hydrogens is 322 g/mol. The Labute approximate surface area is 147 Å². The average Bonchev–Trinajstić information content (AvgIpc) is 3.01. The Hall–Kier alpha value is -1.93. The van der Waals surface area contributed by atoms with E-state index in [0.29, 0.717) is 52.1 Å². The van der Waals surface area contributed by atoms with Crippen LogP contribution in [-0.4, -0.2) is 70.1 Å². The van der Waals surface area contributed by atoms with Gasteiger partial charge in [0.1, 0.15) is 5.82 Å². The van der Waals surface area contributed by atoms with Gasteiger partial charge in [0.05, 0.1) is 19.8 Å². The minimum absolute atomic E-state index is 0.0619. The first kappa shape index (κ1) is 17.9. The Balaban J connectivity index is 1.55. The maximum atomic E-state index is 12.7. The van der Waals surface area contributed by atoms with E-state index < -0.39 is 0 Å². The van der Waals surface area contributed by atoms with E-state index in [2.05, 4.69) is 9.88 Å². The number of imidazole rings is 1. The SMILES string of the molecule is Cn1ccnc1CN1CCOC[C@H]1CC(=O)N1CCC(C(N)=O)CC1. The fourth-order valence-electron chi connectivity index (χ4n) is 3.56. The first-order valence-corrected chi connectivity index (χ1v) is 8.89. The Bertz CT molecular complexity index is 609. The van der Waals surface area contributed by atoms with Gasteiger partial charge in [-0.15, -0.1) is 0 Å². The number of piperidine rings is 1. The molecule has 0 aliphatic carbocycles. The summed E-state index contributed by atoms with van der Waals surface area (Å²) >= 11 is 0. The Morgan fingerprint density at radius 2 is 2.08 bits per heavy atom. The molecule has 3 heterocycles. The van der Waals surface area contributed by atoms with Crippen LogP contribution >= 0.6 is 0 Å². The highest BCUT2D eigenvalue weighted by molar-refractivity contribution is 5.79. The molecule has 2 aliphatic rings. The number of aryl methyl sites for hydroxylation is 1. The van der Waals surface area contributed by atoms with Crippen LogP contribution in [0.3, 0.4) is 0 Å². The summed E-state index contributed by atoms with van der Waals surface area (Å²) in [6.07, 6.45) is 5.49. The van der Waals surface area contributed by atoms with Crippen molar-refractivity contribution in [1.29, 1.82) is 0 Å². The number of hydrogen-bond donors (Lipinski definition) is 1. The number of amides is 2. The van der Waals surface area contributed by atoms with Crippen LogP contribution in [0.15, 0.2) is 12.4 Å². The van der Waals surface area contributed by atoms with Gasteiger partial charge in [-0.05, 0) is 12.8 Å². The molecule has 0 saturated carbocycles. The van der Waals surface area contributed by atoms with Crippen molar-refractivity contribution in [3.63, 3.8) is 0 Å². The molecule has 1 aromatic rings. The molecule has 2 aliphatic heterocycles. The number of hydrogen-bond acceptors (Lipinski definition) is 5. The minimum Gasteiger partial charge on any atom is -0.378 e. The molecule has 2 fully saturated rings. The molecule has 8 heteroatoms. The summed E-state index contributed by atoms with van der Waals surface area (Å²) < 4.78 is 7.60. The summed E-state index contributed by atoms with van der Waals surface area (Å²) in [5.74, 6) is 0.765. The number of nitrogens with two attached hydrogens (primary N) is 1. The molecule has 0 bridgehead atoms. The van der Waals surface area contributed by atoms with E-state index >= 15 is 0 Å². The molecular formula is C17H27N5O3. The second kappa shape index (κ2) is 7.97. The highest BCUT2D eigenvalue weighted by Crippen LogP contribution is 2.20. The van der Waals surface area contributed by atoms with Crippen LogP contribution < -0.4 is 5.73 Å². The molecule has 3 rings (SSSR count). The predicted molar refractivity (Wildman–Crippen MR) is 91.3 cm³/mol. The van der Waals surface area contributed by atoms with E-state index in [0.717, 1.165) is 12.4 Å². The monoisotopic (exact) mass is 349 g/mol. The standard InChI is InChI=1S/C17H27N5O3/c1-20-7-4-19-15(20)11-22-8-9-25-12-14(22)10-16(23)21-5-2-13(3-6-21)17(18)24/h4,7,13-14H,2-3,5-6,8-12H2,1H3,(H2,18,24)/t14-/m1/s1. The van der Waals surface area contributed by atoms with E-state index in [1.807, 2.05) is 22.7 Å². The van der Waals surface area contributed by atoms with E-state index in [1.54, 1.807) is 6.20 Å². The third kappa shape index (κ3) is 4.38. The Kier molecular flexibility index (Phi) is 5.70. The first-order chi connectivity index (χ1) is 12.0. The van der Waals surface area contributed by atoms with E-state index in [9.17, 15) is 9.59 Å². The summed E-state index contributed by atoms with van der Waals surface area (Å²) in [5.41, 5.74) is 5.36. The van der Waals surface area contributed by atoms with Gasteiger partial charge in [0.15, 0.2) is 0 Å². The quantitative estimate of drug-likeness (QED) is 0.790. The normalized spacial score (nSPS) is 22.9. The highest BCUT2D eigenvalue weighted by atomic mass is 16.5. The molecule has 1 atom stereocenters. The molecule has 138 valence electrons. The smallest absolute Gasteiger partial charge is 0.224 e. The van der Waals surface area contributed by atoms with Crippen molar-refractivity contribution >= 4 is 11.8 Å². The van der Waals surface area contributed by atoms with Gasteiger partial charge >= 0.3 is 0 Å². The molecule has 0 radical (unpaired) electrons. The summed E-state index contributed by atoms with van der Waals surface area (Å²) in [6.45, 7) is 3.98. The lowest BCUT2D eigenvalue weighted by Gasteiger charge is -2.37. The van der Waals surface area contributed by atoms with Crippen molar-refractivity contribution in [2.45, 2.75) is 31.8 Å².